The summed E-state index contributed by atoms with van der Waals surface area (Å²) in [6.07, 6.45) is -2.53. The van der Waals surface area contributed by atoms with Crippen molar-refractivity contribution in [1.82, 2.24) is 9.55 Å². The Morgan fingerprint density at radius 1 is 1.03 bits per heavy atom. The maximum absolute atomic E-state index is 12.6. The summed E-state index contributed by atoms with van der Waals surface area (Å²) in [5.74, 6) is 1.08. The predicted molar refractivity (Wildman–Crippen MR) is 113 cm³/mol. The zero-order valence-corrected chi connectivity index (χ0v) is 18.0. The molecule has 0 amide bonds. The number of benzene rings is 2. The zero-order valence-electron chi connectivity index (χ0n) is 17.2. The SMILES string of the molecule is CCn1c(SC)nc(OCc2ccc(Oc3ccc(C(F)(F)F)cc3)cc2)c(C)c1=O. The third-order valence-corrected chi connectivity index (χ3v) is 5.21. The molecule has 5 nitrogen and oxygen atoms in total. The summed E-state index contributed by atoms with van der Waals surface area (Å²) in [5, 5.41) is 0.591. The largest absolute Gasteiger partial charge is 0.472 e. The molecule has 0 fully saturated rings. The molecular weight excluding hydrogens is 429 g/mol. The molecule has 0 radical (unpaired) electrons. The molecule has 9 heteroatoms. The average Bonchev–Trinajstić information content (AvgIpc) is 2.75. The zero-order chi connectivity index (χ0) is 22.6. The number of nitrogens with zero attached hydrogens (tertiary/aromatic N) is 2. The van der Waals surface area contributed by atoms with Gasteiger partial charge in [0.05, 0.1) is 11.1 Å². The van der Waals surface area contributed by atoms with Gasteiger partial charge >= 0.3 is 6.18 Å². The summed E-state index contributed by atoms with van der Waals surface area (Å²) in [4.78, 5) is 16.9. The van der Waals surface area contributed by atoms with Crippen molar-refractivity contribution in [2.75, 3.05) is 6.26 Å². The van der Waals surface area contributed by atoms with Crippen molar-refractivity contribution in [2.24, 2.45) is 0 Å². The van der Waals surface area contributed by atoms with E-state index in [1.165, 1.54) is 23.9 Å². The topological polar surface area (TPSA) is 53.4 Å². The highest BCUT2D eigenvalue weighted by Gasteiger charge is 2.30. The predicted octanol–water partition coefficient (Wildman–Crippen LogP) is 5.68. The minimum Gasteiger partial charge on any atom is -0.472 e. The van der Waals surface area contributed by atoms with E-state index in [-0.39, 0.29) is 12.2 Å². The fraction of sp³-hybridized carbons (Fsp3) is 0.273. The van der Waals surface area contributed by atoms with E-state index in [4.69, 9.17) is 9.47 Å². The average molecular weight is 450 g/mol. The smallest absolute Gasteiger partial charge is 0.416 e. The highest BCUT2D eigenvalue weighted by atomic mass is 32.2. The van der Waals surface area contributed by atoms with Gasteiger partial charge in [0, 0.05) is 6.54 Å². The van der Waals surface area contributed by atoms with Crippen LogP contribution in [0.3, 0.4) is 0 Å². The Hall–Kier alpha value is -2.94. The van der Waals surface area contributed by atoms with Crippen LogP contribution in [0.1, 0.15) is 23.6 Å². The Balaban J connectivity index is 1.66. The van der Waals surface area contributed by atoms with E-state index in [0.29, 0.717) is 34.6 Å². The number of ether oxygens (including phenoxy) is 2. The summed E-state index contributed by atoms with van der Waals surface area (Å²) in [6.45, 7) is 4.31. The maximum atomic E-state index is 12.6. The molecule has 3 rings (SSSR count). The van der Waals surface area contributed by atoms with Gasteiger partial charge in [-0.1, -0.05) is 23.9 Å². The highest BCUT2D eigenvalue weighted by molar-refractivity contribution is 7.98. The second-order valence-electron chi connectivity index (χ2n) is 6.63. The van der Waals surface area contributed by atoms with Gasteiger partial charge in [-0.3, -0.25) is 9.36 Å². The molecule has 0 atom stereocenters. The Bertz CT molecular complexity index is 1100. The van der Waals surface area contributed by atoms with E-state index in [1.807, 2.05) is 13.2 Å². The number of hydrogen-bond donors (Lipinski definition) is 0. The van der Waals surface area contributed by atoms with E-state index >= 15 is 0 Å². The van der Waals surface area contributed by atoms with E-state index in [2.05, 4.69) is 4.98 Å². The van der Waals surface area contributed by atoms with Crippen LogP contribution in [0.25, 0.3) is 0 Å². The first-order chi connectivity index (χ1) is 14.7. The molecule has 0 saturated carbocycles. The fourth-order valence-corrected chi connectivity index (χ4v) is 3.45. The summed E-state index contributed by atoms with van der Waals surface area (Å²) in [6, 6.07) is 11.4. The van der Waals surface area contributed by atoms with Crippen LogP contribution in [-0.4, -0.2) is 15.8 Å². The minimum atomic E-state index is -4.38. The van der Waals surface area contributed by atoms with Crippen LogP contribution in [0.4, 0.5) is 13.2 Å². The molecule has 31 heavy (non-hydrogen) atoms. The summed E-state index contributed by atoms with van der Waals surface area (Å²) in [7, 11) is 0. The van der Waals surface area contributed by atoms with Crippen molar-refractivity contribution < 1.29 is 22.6 Å². The molecule has 0 saturated heterocycles. The van der Waals surface area contributed by atoms with Crippen LogP contribution in [0.5, 0.6) is 17.4 Å². The molecule has 0 unspecified atom stereocenters. The lowest BCUT2D eigenvalue weighted by molar-refractivity contribution is -0.137. The highest BCUT2D eigenvalue weighted by Crippen LogP contribution is 2.31. The third kappa shape index (κ3) is 5.41. The standard InChI is InChI=1S/C22H21F3N2O3S/c1-4-27-20(28)14(2)19(26-21(27)31-3)29-13-15-5-9-17(10-6-15)30-18-11-7-16(8-12-18)22(23,24)25/h5-12H,4,13H2,1-3H3. The lowest BCUT2D eigenvalue weighted by Crippen LogP contribution is -2.25. The van der Waals surface area contributed by atoms with Gasteiger partial charge in [0.25, 0.3) is 5.56 Å². The lowest BCUT2D eigenvalue weighted by Gasteiger charge is -2.13. The molecule has 1 aromatic heterocycles. The molecule has 0 bridgehead atoms. The van der Waals surface area contributed by atoms with Crippen LogP contribution < -0.4 is 15.0 Å². The Kier molecular flexibility index (Phi) is 6.94. The van der Waals surface area contributed by atoms with Crippen molar-refractivity contribution in [3.05, 3.63) is 75.6 Å². The van der Waals surface area contributed by atoms with E-state index < -0.39 is 11.7 Å². The number of alkyl halides is 3. The van der Waals surface area contributed by atoms with Crippen LogP contribution >= 0.6 is 11.8 Å². The number of aromatic nitrogens is 2. The van der Waals surface area contributed by atoms with Crippen molar-refractivity contribution in [3.63, 3.8) is 0 Å². The Morgan fingerprint density at radius 2 is 1.61 bits per heavy atom. The van der Waals surface area contributed by atoms with Crippen molar-refractivity contribution >= 4 is 11.8 Å². The van der Waals surface area contributed by atoms with E-state index in [9.17, 15) is 18.0 Å². The van der Waals surface area contributed by atoms with E-state index in [1.54, 1.807) is 35.8 Å². The van der Waals surface area contributed by atoms with Crippen molar-refractivity contribution in [1.29, 1.82) is 0 Å². The Labute approximate surface area is 181 Å². The summed E-state index contributed by atoms with van der Waals surface area (Å²) >= 11 is 1.38. The molecule has 2 aromatic carbocycles. The second-order valence-corrected chi connectivity index (χ2v) is 7.41. The number of thioether (sulfide) groups is 1. The van der Waals surface area contributed by atoms with Crippen molar-refractivity contribution in [3.8, 4) is 17.4 Å². The quantitative estimate of drug-likeness (QED) is 0.342. The molecule has 0 spiro atoms. The monoisotopic (exact) mass is 450 g/mol. The van der Waals surface area contributed by atoms with Gasteiger partial charge in [-0.15, -0.1) is 0 Å². The number of rotatable bonds is 7. The van der Waals surface area contributed by atoms with Crippen LogP contribution in [0.2, 0.25) is 0 Å². The van der Waals surface area contributed by atoms with Crippen LogP contribution in [0, 0.1) is 6.92 Å². The number of hydrogen-bond acceptors (Lipinski definition) is 5. The third-order valence-electron chi connectivity index (χ3n) is 4.53. The molecule has 164 valence electrons. The maximum Gasteiger partial charge on any atom is 0.416 e. The lowest BCUT2D eigenvalue weighted by atomic mass is 10.2. The summed E-state index contributed by atoms with van der Waals surface area (Å²) in [5.41, 5.74) is 0.415. The first kappa shape index (κ1) is 22.7. The number of halogens is 3. The van der Waals surface area contributed by atoms with Crippen LogP contribution in [0.15, 0.2) is 58.5 Å². The second kappa shape index (κ2) is 9.47. The van der Waals surface area contributed by atoms with Gasteiger partial charge < -0.3 is 9.47 Å². The first-order valence-corrected chi connectivity index (χ1v) is 10.7. The molecule has 0 aliphatic rings. The van der Waals surface area contributed by atoms with Gasteiger partial charge in [-0.25, -0.2) is 0 Å². The first-order valence-electron chi connectivity index (χ1n) is 9.45. The normalized spacial score (nSPS) is 11.4. The van der Waals surface area contributed by atoms with E-state index in [0.717, 1.165) is 17.7 Å². The molecule has 3 aromatic rings. The van der Waals surface area contributed by atoms with Gasteiger partial charge in [0.15, 0.2) is 5.16 Å². The molecule has 1 heterocycles. The van der Waals surface area contributed by atoms with Crippen molar-refractivity contribution in [2.45, 2.75) is 38.3 Å². The molecule has 0 N–H and O–H groups in total. The van der Waals surface area contributed by atoms with Gasteiger partial charge in [0.1, 0.15) is 18.1 Å². The summed E-state index contributed by atoms with van der Waals surface area (Å²) < 4.78 is 50.9. The minimum absolute atomic E-state index is 0.128. The fourth-order valence-electron chi connectivity index (χ4n) is 2.84. The van der Waals surface area contributed by atoms with Gasteiger partial charge in [-0.05, 0) is 62.1 Å². The molecule has 0 aliphatic heterocycles. The van der Waals surface area contributed by atoms with Gasteiger partial charge in [0.2, 0.25) is 5.88 Å². The van der Waals surface area contributed by atoms with Gasteiger partial charge in [-0.2, -0.15) is 18.2 Å². The molecular formula is C22H21F3N2O3S. The molecule has 0 aliphatic carbocycles. The van der Waals surface area contributed by atoms with Crippen LogP contribution in [-0.2, 0) is 19.3 Å². The Morgan fingerprint density at radius 3 is 2.13 bits per heavy atom.